The van der Waals surface area contributed by atoms with Crippen LogP contribution in [0.3, 0.4) is 0 Å². The van der Waals surface area contributed by atoms with Crippen LogP contribution in [0.25, 0.3) is 0 Å². The van der Waals surface area contributed by atoms with Crippen molar-refractivity contribution in [1.82, 2.24) is 0 Å². The lowest BCUT2D eigenvalue weighted by molar-refractivity contribution is 0.0601. The van der Waals surface area contributed by atoms with Gasteiger partial charge in [0.15, 0.2) is 0 Å². The molecule has 0 atom stereocenters. The number of fused-ring (bicyclic) bond motifs is 1. The molecule has 0 saturated heterocycles. The van der Waals surface area contributed by atoms with E-state index in [1.54, 1.807) is 25.1 Å². The molecule has 3 rings (SSSR count). The lowest BCUT2D eigenvalue weighted by Gasteiger charge is -2.13. The Bertz CT molecular complexity index is 1040. The zero-order chi connectivity index (χ0) is 20.5. The SMILES string of the molecule is COC(=O)c1c(NC(=O)c2cccc(NS(C)(=O)=O)c2C)sc2c1CCCC2. The summed E-state index contributed by atoms with van der Waals surface area (Å²) < 4.78 is 30.4. The summed E-state index contributed by atoms with van der Waals surface area (Å²) in [5.41, 5.74) is 2.57. The predicted octanol–water partition coefficient (Wildman–Crippen LogP) is 3.35. The van der Waals surface area contributed by atoms with Gasteiger partial charge in [-0.15, -0.1) is 11.3 Å². The number of ether oxygens (including phenoxy) is 1. The van der Waals surface area contributed by atoms with Gasteiger partial charge in [0.05, 0.1) is 24.6 Å². The van der Waals surface area contributed by atoms with E-state index in [2.05, 4.69) is 10.0 Å². The van der Waals surface area contributed by atoms with Crippen molar-refractivity contribution in [3.05, 3.63) is 45.3 Å². The second-order valence-electron chi connectivity index (χ2n) is 6.71. The van der Waals surface area contributed by atoms with E-state index in [-0.39, 0.29) is 0 Å². The van der Waals surface area contributed by atoms with Crippen LogP contribution in [-0.2, 0) is 27.6 Å². The molecule has 28 heavy (non-hydrogen) atoms. The summed E-state index contributed by atoms with van der Waals surface area (Å²) in [6.45, 7) is 1.67. The average molecular weight is 423 g/mol. The van der Waals surface area contributed by atoms with Crippen molar-refractivity contribution in [2.45, 2.75) is 32.6 Å². The fourth-order valence-corrected chi connectivity index (χ4v) is 5.23. The number of nitrogens with one attached hydrogen (secondary N) is 2. The number of carbonyl (C=O) groups is 2. The fourth-order valence-electron chi connectivity index (χ4n) is 3.33. The van der Waals surface area contributed by atoms with E-state index >= 15 is 0 Å². The van der Waals surface area contributed by atoms with Crippen LogP contribution in [0.5, 0.6) is 0 Å². The Hall–Kier alpha value is -2.39. The highest BCUT2D eigenvalue weighted by atomic mass is 32.2. The summed E-state index contributed by atoms with van der Waals surface area (Å²) in [6.07, 6.45) is 4.78. The van der Waals surface area contributed by atoms with Crippen molar-refractivity contribution in [2.75, 3.05) is 23.4 Å². The quantitative estimate of drug-likeness (QED) is 0.720. The normalized spacial score (nSPS) is 13.5. The second-order valence-corrected chi connectivity index (χ2v) is 9.57. The smallest absolute Gasteiger partial charge is 0.341 e. The first-order valence-corrected chi connectivity index (χ1v) is 11.5. The molecule has 2 aromatic rings. The molecule has 1 aliphatic carbocycles. The van der Waals surface area contributed by atoms with Gasteiger partial charge >= 0.3 is 5.97 Å². The molecule has 0 radical (unpaired) electrons. The first kappa shape index (κ1) is 20.3. The summed E-state index contributed by atoms with van der Waals surface area (Å²) in [5, 5.41) is 3.31. The minimum absolute atomic E-state index is 0.329. The van der Waals surface area contributed by atoms with Crippen molar-refractivity contribution in [1.29, 1.82) is 0 Å². The number of carbonyl (C=O) groups excluding carboxylic acids is 2. The number of thiophene rings is 1. The van der Waals surface area contributed by atoms with E-state index in [1.807, 2.05) is 0 Å². The standard InChI is InChI=1S/C19H22N2O5S2/c1-11-12(8-6-9-14(11)21-28(3,24)25)17(22)20-18-16(19(23)26-2)13-7-4-5-10-15(13)27-18/h6,8-9,21H,4-5,7,10H2,1-3H3,(H,20,22). The average Bonchev–Trinajstić information content (AvgIpc) is 2.99. The third kappa shape index (κ3) is 4.20. The van der Waals surface area contributed by atoms with Crippen molar-refractivity contribution < 1.29 is 22.7 Å². The number of methoxy groups -OCH3 is 1. The van der Waals surface area contributed by atoms with Gasteiger partial charge in [0.25, 0.3) is 5.91 Å². The number of sulfonamides is 1. The van der Waals surface area contributed by atoms with Gasteiger partial charge < -0.3 is 10.1 Å². The second kappa shape index (κ2) is 7.92. The summed E-state index contributed by atoms with van der Waals surface area (Å²) in [4.78, 5) is 26.3. The molecule has 1 heterocycles. The predicted molar refractivity (Wildman–Crippen MR) is 110 cm³/mol. The number of anilines is 2. The van der Waals surface area contributed by atoms with Gasteiger partial charge in [-0.2, -0.15) is 0 Å². The molecule has 9 heteroatoms. The molecule has 0 saturated carbocycles. The Labute approximate surface area is 168 Å². The number of benzene rings is 1. The van der Waals surface area contributed by atoms with E-state index in [4.69, 9.17) is 4.74 Å². The van der Waals surface area contributed by atoms with Crippen LogP contribution in [-0.4, -0.2) is 33.7 Å². The van der Waals surface area contributed by atoms with Gasteiger partial charge in [-0.3, -0.25) is 9.52 Å². The molecule has 0 unspecified atom stereocenters. The van der Waals surface area contributed by atoms with E-state index in [9.17, 15) is 18.0 Å². The summed E-state index contributed by atoms with van der Waals surface area (Å²) >= 11 is 1.40. The maximum absolute atomic E-state index is 12.9. The zero-order valence-electron chi connectivity index (χ0n) is 15.9. The van der Waals surface area contributed by atoms with Gasteiger partial charge in [-0.25, -0.2) is 13.2 Å². The van der Waals surface area contributed by atoms with Crippen molar-refractivity contribution in [2.24, 2.45) is 0 Å². The van der Waals surface area contributed by atoms with Crippen molar-refractivity contribution in [3.8, 4) is 0 Å². The van der Waals surface area contributed by atoms with Crippen molar-refractivity contribution in [3.63, 3.8) is 0 Å². The minimum atomic E-state index is -3.47. The molecule has 0 bridgehead atoms. The first-order chi connectivity index (χ1) is 13.2. The molecule has 0 spiro atoms. The minimum Gasteiger partial charge on any atom is -0.465 e. The van der Waals surface area contributed by atoms with E-state index in [1.165, 1.54) is 18.4 Å². The molecular weight excluding hydrogens is 400 g/mol. The number of aryl methyl sites for hydroxylation is 1. The molecule has 0 aliphatic heterocycles. The van der Waals surface area contributed by atoms with E-state index in [0.29, 0.717) is 27.4 Å². The van der Waals surface area contributed by atoms with Gasteiger partial charge in [-0.05, 0) is 55.9 Å². The van der Waals surface area contributed by atoms with E-state index < -0.39 is 21.9 Å². The Balaban J connectivity index is 1.95. The molecule has 1 aromatic heterocycles. The first-order valence-electron chi connectivity index (χ1n) is 8.83. The summed E-state index contributed by atoms with van der Waals surface area (Å²) in [7, 11) is -2.14. The third-order valence-corrected chi connectivity index (χ3v) is 6.46. The molecule has 1 amide bonds. The molecule has 1 aliphatic rings. The highest BCUT2D eigenvalue weighted by Crippen LogP contribution is 2.39. The van der Waals surface area contributed by atoms with Crippen molar-refractivity contribution >= 4 is 43.9 Å². The highest BCUT2D eigenvalue weighted by Gasteiger charge is 2.27. The molecular formula is C19H22N2O5S2. The van der Waals surface area contributed by atoms with Crippen LogP contribution in [0.15, 0.2) is 18.2 Å². The molecule has 7 nitrogen and oxygen atoms in total. The fraction of sp³-hybridized carbons (Fsp3) is 0.368. The Kier molecular flexibility index (Phi) is 5.76. The molecule has 1 aromatic carbocycles. The summed E-state index contributed by atoms with van der Waals surface area (Å²) in [5.74, 6) is -0.864. The number of rotatable bonds is 5. The van der Waals surface area contributed by atoms with Crippen LogP contribution in [0, 0.1) is 6.92 Å². The molecule has 0 fully saturated rings. The highest BCUT2D eigenvalue weighted by molar-refractivity contribution is 7.92. The number of esters is 1. The van der Waals surface area contributed by atoms with Gasteiger partial charge in [-0.1, -0.05) is 6.07 Å². The lowest BCUT2D eigenvalue weighted by Crippen LogP contribution is -2.17. The van der Waals surface area contributed by atoms with Crippen LogP contribution in [0.1, 0.15) is 49.6 Å². The van der Waals surface area contributed by atoms with Gasteiger partial charge in [0, 0.05) is 10.4 Å². The number of amides is 1. The van der Waals surface area contributed by atoms with Gasteiger partial charge in [0.2, 0.25) is 10.0 Å². The maximum Gasteiger partial charge on any atom is 0.341 e. The summed E-state index contributed by atoms with van der Waals surface area (Å²) in [6, 6.07) is 4.82. The van der Waals surface area contributed by atoms with Gasteiger partial charge in [0.1, 0.15) is 5.00 Å². The third-order valence-electron chi connectivity index (χ3n) is 4.66. The molecule has 150 valence electrons. The van der Waals surface area contributed by atoms with E-state index in [0.717, 1.165) is 42.4 Å². The zero-order valence-corrected chi connectivity index (χ0v) is 17.6. The van der Waals surface area contributed by atoms with Crippen LogP contribution < -0.4 is 10.0 Å². The number of hydrogen-bond acceptors (Lipinski definition) is 6. The van der Waals surface area contributed by atoms with Crippen LogP contribution in [0.2, 0.25) is 0 Å². The topological polar surface area (TPSA) is 102 Å². The largest absolute Gasteiger partial charge is 0.465 e. The van der Waals surface area contributed by atoms with Crippen LogP contribution in [0.4, 0.5) is 10.7 Å². The number of hydrogen-bond donors (Lipinski definition) is 2. The van der Waals surface area contributed by atoms with Crippen LogP contribution >= 0.6 is 11.3 Å². The lowest BCUT2D eigenvalue weighted by atomic mass is 9.95. The Morgan fingerprint density at radius 3 is 2.57 bits per heavy atom. The monoisotopic (exact) mass is 422 g/mol. The molecule has 2 N–H and O–H groups in total. The Morgan fingerprint density at radius 2 is 1.89 bits per heavy atom. The maximum atomic E-state index is 12.9. The Morgan fingerprint density at radius 1 is 1.18 bits per heavy atom.